The van der Waals surface area contributed by atoms with Gasteiger partial charge in [-0.25, -0.2) is 0 Å². The first-order valence-corrected chi connectivity index (χ1v) is 7.10. The zero-order valence-electron chi connectivity index (χ0n) is 12.2. The van der Waals surface area contributed by atoms with Crippen LogP contribution in [0.4, 0.5) is 0 Å². The molecule has 1 aromatic carbocycles. The van der Waals surface area contributed by atoms with Gasteiger partial charge in [-0.15, -0.1) is 0 Å². The lowest BCUT2D eigenvalue weighted by atomic mass is 9.95. The molecule has 0 spiro atoms. The van der Waals surface area contributed by atoms with Gasteiger partial charge in [-0.05, 0) is 49.4 Å². The molecule has 18 heavy (non-hydrogen) atoms. The second kappa shape index (κ2) is 7.55. The van der Waals surface area contributed by atoms with E-state index in [1.807, 2.05) is 0 Å². The van der Waals surface area contributed by atoms with E-state index in [0.29, 0.717) is 17.9 Å². The summed E-state index contributed by atoms with van der Waals surface area (Å²) in [5.41, 5.74) is 8.55. The van der Waals surface area contributed by atoms with Crippen molar-refractivity contribution in [3.8, 4) is 0 Å². The monoisotopic (exact) mass is 248 g/mol. The molecule has 0 amide bonds. The van der Waals surface area contributed by atoms with E-state index in [0.717, 1.165) is 19.5 Å². The lowest BCUT2D eigenvalue weighted by Crippen LogP contribution is -2.33. The number of benzene rings is 1. The predicted octanol–water partition coefficient (Wildman–Crippen LogP) is 3.13. The molecule has 2 unspecified atom stereocenters. The summed E-state index contributed by atoms with van der Waals surface area (Å²) in [4.78, 5) is 0. The van der Waals surface area contributed by atoms with E-state index in [9.17, 15) is 0 Å². The fraction of sp³-hybridized carbons (Fsp3) is 0.625. The number of hydrogen-bond donors (Lipinski definition) is 2. The molecule has 0 aromatic heterocycles. The molecule has 0 radical (unpaired) electrons. The van der Waals surface area contributed by atoms with Crippen LogP contribution in [-0.2, 0) is 6.42 Å². The van der Waals surface area contributed by atoms with Crippen LogP contribution in [0.5, 0.6) is 0 Å². The molecule has 102 valence electrons. The molecule has 2 atom stereocenters. The van der Waals surface area contributed by atoms with Gasteiger partial charge in [0.25, 0.3) is 0 Å². The Morgan fingerprint density at radius 3 is 2.17 bits per heavy atom. The summed E-state index contributed by atoms with van der Waals surface area (Å²) < 4.78 is 0. The van der Waals surface area contributed by atoms with Crippen molar-refractivity contribution >= 4 is 0 Å². The maximum Gasteiger partial charge on any atom is 0.0291 e. The average Bonchev–Trinajstić information content (AvgIpc) is 2.39. The van der Waals surface area contributed by atoms with Gasteiger partial charge >= 0.3 is 0 Å². The van der Waals surface area contributed by atoms with Crippen LogP contribution < -0.4 is 11.1 Å². The third-order valence-corrected chi connectivity index (χ3v) is 3.82. The molecule has 0 aliphatic carbocycles. The van der Waals surface area contributed by atoms with Crippen LogP contribution in [0.15, 0.2) is 24.3 Å². The van der Waals surface area contributed by atoms with Crippen molar-refractivity contribution in [2.75, 3.05) is 13.1 Å². The molecular formula is C16H28N2. The zero-order valence-corrected chi connectivity index (χ0v) is 12.2. The second-order valence-electron chi connectivity index (χ2n) is 5.46. The Morgan fingerprint density at radius 2 is 1.72 bits per heavy atom. The standard InChI is InChI=1S/C16H28N2/c1-5-14-6-8-15(9-7-14)13(4)18-11-16(10-17)12(2)3/h6-9,12-13,16,18H,5,10-11,17H2,1-4H3. The fourth-order valence-corrected chi connectivity index (χ4v) is 2.08. The first-order chi connectivity index (χ1) is 8.58. The average molecular weight is 248 g/mol. The van der Waals surface area contributed by atoms with E-state index in [2.05, 4.69) is 57.3 Å². The number of hydrogen-bond acceptors (Lipinski definition) is 2. The number of nitrogens with two attached hydrogens (primary N) is 1. The van der Waals surface area contributed by atoms with Gasteiger partial charge in [0.2, 0.25) is 0 Å². The van der Waals surface area contributed by atoms with E-state index in [1.54, 1.807) is 0 Å². The van der Waals surface area contributed by atoms with Gasteiger partial charge in [0, 0.05) is 6.04 Å². The molecule has 0 heterocycles. The Morgan fingerprint density at radius 1 is 1.11 bits per heavy atom. The molecule has 1 rings (SSSR count). The third kappa shape index (κ3) is 4.43. The van der Waals surface area contributed by atoms with E-state index in [4.69, 9.17) is 5.73 Å². The van der Waals surface area contributed by atoms with E-state index < -0.39 is 0 Å². The van der Waals surface area contributed by atoms with Gasteiger partial charge in [0.15, 0.2) is 0 Å². The normalized spacial score (nSPS) is 14.8. The van der Waals surface area contributed by atoms with Crippen LogP contribution in [0.2, 0.25) is 0 Å². The summed E-state index contributed by atoms with van der Waals surface area (Å²) >= 11 is 0. The van der Waals surface area contributed by atoms with Crippen molar-refractivity contribution in [1.29, 1.82) is 0 Å². The quantitative estimate of drug-likeness (QED) is 0.778. The van der Waals surface area contributed by atoms with E-state index >= 15 is 0 Å². The Hall–Kier alpha value is -0.860. The first kappa shape index (κ1) is 15.2. The van der Waals surface area contributed by atoms with Gasteiger partial charge < -0.3 is 11.1 Å². The number of nitrogens with one attached hydrogen (secondary N) is 1. The largest absolute Gasteiger partial charge is 0.330 e. The molecular weight excluding hydrogens is 220 g/mol. The second-order valence-corrected chi connectivity index (χ2v) is 5.46. The molecule has 0 saturated carbocycles. The minimum atomic E-state index is 0.392. The summed E-state index contributed by atoms with van der Waals surface area (Å²) in [7, 11) is 0. The summed E-state index contributed by atoms with van der Waals surface area (Å²) in [5.74, 6) is 1.19. The van der Waals surface area contributed by atoms with Crippen LogP contribution in [0, 0.1) is 11.8 Å². The summed E-state index contributed by atoms with van der Waals surface area (Å²) in [6, 6.07) is 9.28. The van der Waals surface area contributed by atoms with Crippen molar-refractivity contribution in [3.63, 3.8) is 0 Å². The highest BCUT2D eigenvalue weighted by Gasteiger charge is 2.13. The Bertz CT molecular complexity index is 329. The highest BCUT2D eigenvalue weighted by atomic mass is 14.9. The summed E-state index contributed by atoms with van der Waals surface area (Å²) in [6.07, 6.45) is 1.10. The predicted molar refractivity (Wildman–Crippen MR) is 79.6 cm³/mol. The van der Waals surface area contributed by atoms with Gasteiger partial charge in [-0.3, -0.25) is 0 Å². The maximum absolute atomic E-state index is 5.80. The van der Waals surface area contributed by atoms with Crippen molar-refractivity contribution < 1.29 is 0 Å². The SMILES string of the molecule is CCc1ccc(C(C)NCC(CN)C(C)C)cc1. The van der Waals surface area contributed by atoms with Crippen LogP contribution in [0.3, 0.4) is 0 Å². The Kier molecular flexibility index (Phi) is 6.37. The molecule has 0 bridgehead atoms. The Labute approximate surface area is 112 Å². The lowest BCUT2D eigenvalue weighted by molar-refractivity contribution is 0.356. The molecule has 3 N–H and O–H groups in total. The molecule has 2 heteroatoms. The van der Waals surface area contributed by atoms with Crippen molar-refractivity contribution in [2.45, 2.75) is 40.2 Å². The van der Waals surface area contributed by atoms with Gasteiger partial charge in [-0.2, -0.15) is 0 Å². The number of rotatable bonds is 7. The first-order valence-electron chi connectivity index (χ1n) is 7.10. The topological polar surface area (TPSA) is 38.0 Å². The molecule has 0 aliphatic rings. The van der Waals surface area contributed by atoms with Gasteiger partial charge in [0.05, 0.1) is 0 Å². The van der Waals surface area contributed by atoms with Gasteiger partial charge in [-0.1, -0.05) is 45.0 Å². The minimum absolute atomic E-state index is 0.392. The minimum Gasteiger partial charge on any atom is -0.330 e. The summed E-state index contributed by atoms with van der Waals surface area (Å²) in [5, 5.41) is 3.59. The van der Waals surface area contributed by atoms with Crippen LogP contribution in [-0.4, -0.2) is 13.1 Å². The van der Waals surface area contributed by atoms with Crippen LogP contribution >= 0.6 is 0 Å². The molecule has 2 nitrogen and oxygen atoms in total. The van der Waals surface area contributed by atoms with Gasteiger partial charge in [0.1, 0.15) is 0 Å². The molecule has 0 fully saturated rings. The highest BCUT2D eigenvalue weighted by molar-refractivity contribution is 5.24. The molecule has 0 aliphatic heterocycles. The van der Waals surface area contributed by atoms with Crippen LogP contribution in [0.1, 0.15) is 44.9 Å². The third-order valence-electron chi connectivity index (χ3n) is 3.82. The maximum atomic E-state index is 5.80. The highest BCUT2D eigenvalue weighted by Crippen LogP contribution is 2.15. The Balaban J connectivity index is 2.51. The lowest BCUT2D eigenvalue weighted by Gasteiger charge is -2.22. The van der Waals surface area contributed by atoms with Crippen LogP contribution in [0.25, 0.3) is 0 Å². The summed E-state index contributed by atoms with van der Waals surface area (Å²) in [6.45, 7) is 10.6. The smallest absolute Gasteiger partial charge is 0.0291 e. The molecule has 1 aromatic rings. The van der Waals surface area contributed by atoms with Crippen molar-refractivity contribution in [3.05, 3.63) is 35.4 Å². The number of aryl methyl sites for hydroxylation is 1. The fourth-order valence-electron chi connectivity index (χ4n) is 2.08. The van der Waals surface area contributed by atoms with Crippen molar-refractivity contribution in [2.24, 2.45) is 17.6 Å². The zero-order chi connectivity index (χ0) is 13.5. The van der Waals surface area contributed by atoms with E-state index in [1.165, 1.54) is 11.1 Å². The van der Waals surface area contributed by atoms with Crippen molar-refractivity contribution in [1.82, 2.24) is 5.32 Å². The molecule has 0 saturated heterocycles. The van der Waals surface area contributed by atoms with E-state index in [-0.39, 0.29) is 0 Å².